The van der Waals surface area contributed by atoms with Gasteiger partial charge in [0, 0.05) is 18.8 Å². The molecule has 4 fully saturated rings. The predicted octanol–water partition coefficient (Wildman–Crippen LogP) is 6.87. The van der Waals surface area contributed by atoms with Crippen molar-refractivity contribution in [2.45, 2.75) is 114 Å². The Morgan fingerprint density at radius 2 is 1.39 bits per heavy atom. The zero-order chi connectivity index (χ0) is 30.6. The van der Waals surface area contributed by atoms with Crippen LogP contribution in [0.15, 0.2) is 60.7 Å². The molecule has 1 saturated heterocycles. The Morgan fingerprint density at radius 1 is 0.818 bits per heavy atom. The summed E-state index contributed by atoms with van der Waals surface area (Å²) >= 11 is 0. The van der Waals surface area contributed by atoms with Crippen LogP contribution in [0.4, 0.5) is 0 Å². The summed E-state index contributed by atoms with van der Waals surface area (Å²) in [5.74, 6) is 7.03. The lowest BCUT2D eigenvalue weighted by molar-refractivity contribution is -0.182. The third-order valence-electron chi connectivity index (χ3n) is 9.71. The number of ether oxygens (including phenoxy) is 4. The summed E-state index contributed by atoms with van der Waals surface area (Å²) in [6.45, 7) is 8.69. The molecule has 3 aliphatic carbocycles. The summed E-state index contributed by atoms with van der Waals surface area (Å²) in [5.41, 5.74) is 1.91. The Labute approximate surface area is 264 Å². The average Bonchev–Trinajstić information content (AvgIpc) is 3.61. The molecule has 44 heavy (non-hydrogen) atoms. The van der Waals surface area contributed by atoms with Crippen LogP contribution in [0.1, 0.15) is 62.5 Å². The largest absolute Gasteiger partial charge is 0.402 e. The van der Waals surface area contributed by atoms with Crippen molar-refractivity contribution in [1.82, 2.24) is 0 Å². The van der Waals surface area contributed by atoms with Gasteiger partial charge in [0.2, 0.25) is 0 Å². The minimum absolute atomic E-state index is 0.0863. The highest BCUT2D eigenvalue weighted by atomic mass is 28.4. The molecule has 7 heteroatoms. The molecule has 0 radical (unpaired) electrons. The minimum Gasteiger partial charge on any atom is -0.402 e. The second-order valence-corrected chi connectivity index (χ2v) is 18.9. The quantitative estimate of drug-likeness (QED) is 0.232. The van der Waals surface area contributed by atoms with Gasteiger partial charge < -0.3 is 28.5 Å². The van der Waals surface area contributed by atoms with Crippen molar-refractivity contribution >= 4 is 8.32 Å². The van der Waals surface area contributed by atoms with Crippen molar-refractivity contribution in [2.75, 3.05) is 13.2 Å². The molecule has 4 aliphatic rings. The van der Waals surface area contributed by atoms with Crippen LogP contribution in [-0.2, 0) is 36.6 Å². The molecule has 2 aromatic carbocycles. The molecule has 1 aliphatic heterocycles. The molecule has 0 aromatic heterocycles. The average molecular weight is 619 g/mol. The highest BCUT2D eigenvalue weighted by Gasteiger charge is 2.59. The number of benzene rings is 2. The summed E-state index contributed by atoms with van der Waals surface area (Å²) in [6, 6.07) is 20.4. The highest BCUT2D eigenvalue weighted by Crippen LogP contribution is 2.56. The molecule has 2 aromatic rings. The lowest BCUT2D eigenvalue weighted by Gasteiger charge is -2.38. The number of hydrogen-bond acceptors (Lipinski definition) is 6. The standard InChI is InChI=1S/C37H50O6Si/c1-44(2,3)43-36(18-11-6-12-19-36)20-17-31-32-23-37(22-30(32)21-33(31)38)41-34(26-39-24-28-13-7-4-8-14-28)35(42-37)27-40-25-29-15-9-5-10-16-29/h4-5,7-10,13-16,30-35,38H,6,11-12,18-19,21-27H2,1-3H3/t30-,31-,32+,33-,34+,35+/m1/s1. The number of fused-ring (bicyclic) bond motifs is 1. The number of hydrogen-bond donors (Lipinski definition) is 1. The number of aliphatic hydroxyl groups is 1. The Bertz CT molecular complexity index is 1210. The van der Waals surface area contributed by atoms with E-state index in [0.717, 1.165) is 56.1 Å². The predicted molar refractivity (Wildman–Crippen MR) is 173 cm³/mol. The van der Waals surface area contributed by atoms with E-state index in [1.165, 1.54) is 6.42 Å². The molecular formula is C37H50O6Si. The summed E-state index contributed by atoms with van der Waals surface area (Å²) < 4.78 is 32.6. The number of aliphatic hydroxyl groups excluding tert-OH is 1. The van der Waals surface area contributed by atoms with E-state index in [4.69, 9.17) is 23.4 Å². The van der Waals surface area contributed by atoms with E-state index in [1.807, 2.05) is 36.4 Å². The second kappa shape index (κ2) is 13.8. The number of rotatable bonds is 10. The SMILES string of the molecule is C[Si](C)(C)OC1(C#C[C@@H]2[C@H]3CC4(C[C@H]3C[C@H]2O)O[C@@H](COCc2ccccc2)[C@H](COCc2ccccc2)O4)CCCCC1. The summed E-state index contributed by atoms with van der Waals surface area (Å²) in [7, 11) is -1.77. The normalized spacial score (nSPS) is 30.6. The molecule has 238 valence electrons. The third kappa shape index (κ3) is 7.85. The third-order valence-corrected chi connectivity index (χ3v) is 10.7. The van der Waals surface area contributed by atoms with Gasteiger partial charge in [0.1, 0.15) is 17.8 Å². The maximum absolute atomic E-state index is 11.2. The van der Waals surface area contributed by atoms with Crippen LogP contribution in [0.5, 0.6) is 0 Å². The monoisotopic (exact) mass is 618 g/mol. The van der Waals surface area contributed by atoms with Crippen LogP contribution >= 0.6 is 0 Å². The van der Waals surface area contributed by atoms with Gasteiger partial charge >= 0.3 is 0 Å². The van der Waals surface area contributed by atoms with Crippen LogP contribution < -0.4 is 0 Å². The highest BCUT2D eigenvalue weighted by molar-refractivity contribution is 6.69. The van der Waals surface area contributed by atoms with E-state index in [1.54, 1.807) is 0 Å². The molecule has 1 spiro atoms. The Kier molecular flexibility index (Phi) is 9.99. The summed E-state index contributed by atoms with van der Waals surface area (Å²) in [4.78, 5) is 0. The molecule has 1 N–H and O–H groups in total. The first-order chi connectivity index (χ1) is 21.2. The molecule has 6 nitrogen and oxygen atoms in total. The fourth-order valence-corrected chi connectivity index (χ4v) is 9.33. The topological polar surface area (TPSA) is 66.4 Å². The van der Waals surface area contributed by atoms with E-state index < -0.39 is 20.2 Å². The zero-order valence-corrected chi connectivity index (χ0v) is 27.7. The van der Waals surface area contributed by atoms with Gasteiger partial charge in [-0.3, -0.25) is 0 Å². The molecule has 3 saturated carbocycles. The summed E-state index contributed by atoms with van der Waals surface area (Å²) in [6.07, 6.45) is 6.93. The van der Waals surface area contributed by atoms with Crippen molar-refractivity contribution < 1.29 is 28.5 Å². The first-order valence-corrected chi connectivity index (χ1v) is 20.1. The van der Waals surface area contributed by atoms with Gasteiger partial charge in [0.25, 0.3) is 0 Å². The van der Waals surface area contributed by atoms with Gasteiger partial charge in [0.05, 0.1) is 32.5 Å². The molecular weight excluding hydrogens is 568 g/mol. The van der Waals surface area contributed by atoms with Gasteiger partial charge in [-0.2, -0.15) is 0 Å². The van der Waals surface area contributed by atoms with Crippen molar-refractivity contribution in [3.05, 3.63) is 71.8 Å². The van der Waals surface area contributed by atoms with Crippen LogP contribution in [0.3, 0.4) is 0 Å². The Morgan fingerprint density at radius 3 is 1.93 bits per heavy atom. The van der Waals surface area contributed by atoms with Gasteiger partial charge in [-0.25, -0.2) is 0 Å². The first-order valence-electron chi connectivity index (χ1n) is 16.7. The van der Waals surface area contributed by atoms with Crippen LogP contribution in [-0.4, -0.2) is 56.3 Å². The maximum atomic E-state index is 11.2. The smallest absolute Gasteiger partial charge is 0.185 e. The van der Waals surface area contributed by atoms with E-state index >= 15 is 0 Å². The Balaban J connectivity index is 1.14. The fraction of sp³-hybridized carbons (Fsp3) is 0.622. The molecule has 0 amide bonds. The van der Waals surface area contributed by atoms with Crippen molar-refractivity contribution in [1.29, 1.82) is 0 Å². The van der Waals surface area contributed by atoms with Crippen molar-refractivity contribution in [3.8, 4) is 11.8 Å². The Hall–Kier alpha value is -2.02. The van der Waals surface area contributed by atoms with Crippen LogP contribution in [0.25, 0.3) is 0 Å². The van der Waals surface area contributed by atoms with E-state index in [9.17, 15) is 5.11 Å². The van der Waals surface area contributed by atoms with Gasteiger partial charge in [-0.15, -0.1) is 0 Å². The first kappa shape index (κ1) is 31.9. The lowest BCUT2D eigenvalue weighted by atomic mass is 9.84. The van der Waals surface area contributed by atoms with Gasteiger partial charge in [-0.05, 0) is 74.7 Å². The van der Waals surface area contributed by atoms with Crippen LogP contribution in [0, 0.1) is 29.6 Å². The molecule has 0 bridgehead atoms. The molecule has 0 unspecified atom stereocenters. The molecule has 6 rings (SSSR count). The molecule has 1 heterocycles. The summed E-state index contributed by atoms with van der Waals surface area (Å²) in [5, 5.41) is 11.2. The van der Waals surface area contributed by atoms with Crippen LogP contribution in [0.2, 0.25) is 19.6 Å². The fourth-order valence-electron chi connectivity index (χ4n) is 7.90. The van der Waals surface area contributed by atoms with Crippen molar-refractivity contribution in [3.63, 3.8) is 0 Å². The zero-order valence-electron chi connectivity index (χ0n) is 26.7. The van der Waals surface area contributed by atoms with E-state index in [2.05, 4.69) is 55.7 Å². The lowest BCUT2D eigenvalue weighted by Crippen LogP contribution is -2.43. The van der Waals surface area contributed by atoms with Gasteiger partial charge in [0.15, 0.2) is 14.1 Å². The second-order valence-electron chi connectivity index (χ2n) is 14.4. The minimum atomic E-state index is -1.77. The van der Waals surface area contributed by atoms with E-state index in [-0.39, 0.29) is 29.6 Å². The van der Waals surface area contributed by atoms with Gasteiger partial charge in [-0.1, -0.05) is 78.9 Å². The molecule has 6 atom stereocenters. The van der Waals surface area contributed by atoms with Crippen molar-refractivity contribution in [2.24, 2.45) is 17.8 Å². The maximum Gasteiger partial charge on any atom is 0.185 e. The van der Waals surface area contributed by atoms with E-state index in [0.29, 0.717) is 32.3 Å².